The van der Waals surface area contributed by atoms with Gasteiger partial charge in [-0.3, -0.25) is 4.90 Å². The summed E-state index contributed by atoms with van der Waals surface area (Å²) < 4.78 is 0. The Morgan fingerprint density at radius 1 is 1.16 bits per heavy atom. The molecular formula is C17H26N2. The highest BCUT2D eigenvalue weighted by Crippen LogP contribution is 2.38. The Bertz CT molecular complexity index is 420. The Morgan fingerprint density at radius 3 is 2.47 bits per heavy atom. The van der Waals surface area contributed by atoms with Crippen molar-refractivity contribution in [1.82, 2.24) is 10.2 Å². The minimum Gasteiger partial charge on any atom is -0.309 e. The largest absolute Gasteiger partial charge is 0.309 e. The minimum atomic E-state index is 0.240. The van der Waals surface area contributed by atoms with Crippen LogP contribution in [0.1, 0.15) is 45.2 Å². The van der Waals surface area contributed by atoms with Gasteiger partial charge in [-0.2, -0.15) is 0 Å². The third-order valence-corrected chi connectivity index (χ3v) is 4.75. The molecule has 3 rings (SSSR count). The average Bonchev–Trinajstić information content (AvgIpc) is 2.35. The van der Waals surface area contributed by atoms with E-state index in [0.29, 0.717) is 6.04 Å². The van der Waals surface area contributed by atoms with Gasteiger partial charge in [0.1, 0.15) is 0 Å². The quantitative estimate of drug-likeness (QED) is 0.876. The van der Waals surface area contributed by atoms with Crippen molar-refractivity contribution >= 4 is 0 Å². The maximum atomic E-state index is 3.71. The van der Waals surface area contributed by atoms with E-state index in [9.17, 15) is 0 Å². The van der Waals surface area contributed by atoms with Crippen LogP contribution in [0.3, 0.4) is 0 Å². The predicted octanol–water partition coefficient (Wildman–Crippen LogP) is 3.21. The molecule has 0 radical (unpaired) electrons. The Morgan fingerprint density at radius 2 is 1.84 bits per heavy atom. The molecule has 2 aliphatic rings. The predicted molar refractivity (Wildman–Crippen MR) is 80.2 cm³/mol. The zero-order valence-corrected chi connectivity index (χ0v) is 12.4. The highest BCUT2D eigenvalue weighted by atomic mass is 15.3. The van der Waals surface area contributed by atoms with Gasteiger partial charge in [-0.05, 0) is 38.2 Å². The van der Waals surface area contributed by atoms with E-state index in [2.05, 4.69) is 61.3 Å². The van der Waals surface area contributed by atoms with Gasteiger partial charge in [0.05, 0.1) is 0 Å². The molecule has 0 amide bonds. The van der Waals surface area contributed by atoms with Crippen LogP contribution >= 0.6 is 0 Å². The normalized spacial score (nSPS) is 34.8. The van der Waals surface area contributed by atoms with E-state index >= 15 is 0 Å². The van der Waals surface area contributed by atoms with Gasteiger partial charge in [0.25, 0.3) is 0 Å². The molecule has 1 unspecified atom stereocenters. The number of piperazine rings is 1. The minimum absolute atomic E-state index is 0.240. The van der Waals surface area contributed by atoms with Crippen LogP contribution in [0.4, 0.5) is 0 Å². The van der Waals surface area contributed by atoms with E-state index in [-0.39, 0.29) is 5.54 Å². The Balaban J connectivity index is 1.81. The van der Waals surface area contributed by atoms with Gasteiger partial charge in [-0.25, -0.2) is 0 Å². The molecule has 1 aliphatic carbocycles. The van der Waals surface area contributed by atoms with Gasteiger partial charge in [0, 0.05) is 30.7 Å². The Kier molecular flexibility index (Phi) is 3.40. The van der Waals surface area contributed by atoms with Gasteiger partial charge >= 0.3 is 0 Å². The van der Waals surface area contributed by atoms with Crippen molar-refractivity contribution in [2.45, 2.75) is 51.2 Å². The molecule has 1 saturated carbocycles. The molecule has 2 fully saturated rings. The van der Waals surface area contributed by atoms with Crippen molar-refractivity contribution in [2.24, 2.45) is 5.92 Å². The fourth-order valence-corrected chi connectivity index (χ4v) is 3.61. The van der Waals surface area contributed by atoms with Crippen molar-refractivity contribution in [3.05, 3.63) is 35.9 Å². The molecule has 1 aromatic carbocycles. The van der Waals surface area contributed by atoms with E-state index in [4.69, 9.17) is 0 Å². The van der Waals surface area contributed by atoms with Crippen molar-refractivity contribution in [2.75, 3.05) is 13.1 Å². The summed E-state index contributed by atoms with van der Waals surface area (Å²) >= 11 is 0. The van der Waals surface area contributed by atoms with Crippen LogP contribution in [0, 0.1) is 5.92 Å². The molecule has 1 saturated heterocycles. The van der Waals surface area contributed by atoms with Crippen molar-refractivity contribution in [1.29, 1.82) is 0 Å². The van der Waals surface area contributed by atoms with Crippen molar-refractivity contribution in [3.63, 3.8) is 0 Å². The van der Waals surface area contributed by atoms with E-state index < -0.39 is 0 Å². The number of hydrogen-bond donors (Lipinski definition) is 1. The second-order valence-electron chi connectivity index (χ2n) is 7.09. The van der Waals surface area contributed by atoms with Crippen LogP contribution in [-0.2, 0) is 0 Å². The van der Waals surface area contributed by atoms with Gasteiger partial charge < -0.3 is 5.32 Å². The summed E-state index contributed by atoms with van der Waals surface area (Å²) in [6.07, 6.45) is 2.75. The summed E-state index contributed by atoms with van der Waals surface area (Å²) in [5.74, 6) is 0.916. The van der Waals surface area contributed by atoms with Gasteiger partial charge in [0.15, 0.2) is 0 Å². The van der Waals surface area contributed by atoms with E-state index in [0.717, 1.165) is 25.0 Å². The molecule has 0 spiro atoms. The molecular weight excluding hydrogens is 232 g/mol. The SMILES string of the molecule is CC1CC(N2CC(C)(C)NCC2c2ccccc2)C1. The number of nitrogens with one attached hydrogen (secondary N) is 1. The molecule has 2 heteroatoms. The third-order valence-electron chi connectivity index (χ3n) is 4.75. The molecule has 104 valence electrons. The van der Waals surface area contributed by atoms with Gasteiger partial charge in [-0.1, -0.05) is 37.3 Å². The van der Waals surface area contributed by atoms with Gasteiger partial charge in [0.2, 0.25) is 0 Å². The lowest BCUT2D eigenvalue weighted by Gasteiger charge is -2.52. The highest BCUT2D eigenvalue weighted by molar-refractivity contribution is 5.21. The summed E-state index contributed by atoms with van der Waals surface area (Å²) in [7, 11) is 0. The molecule has 1 atom stereocenters. The zero-order valence-electron chi connectivity index (χ0n) is 12.4. The third kappa shape index (κ3) is 2.70. The summed E-state index contributed by atoms with van der Waals surface area (Å²) in [6.45, 7) is 9.25. The molecule has 2 nitrogen and oxygen atoms in total. The maximum Gasteiger partial charge on any atom is 0.0476 e. The molecule has 0 bridgehead atoms. The Hall–Kier alpha value is -0.860. The van der Waals surface area contributed by atoms with Crippen LogP contribution in [-0.4, -0.2) is 29.6 Å². The number of nitrogens with zero attached hydrogens (tertiary/aromatic N) is 1. The first-order chi connectivity index (χ1) is 9.05. The van der Waals surface area contributed by atoms with E-state index in [1.54, 1.807) is 0 Å². The van der Waals surface area contributed by atoms with E-state index in [1.807, 2.05) is 0 Å². The fourth-order valence-electron chi connectivity index (χ4n) is 3.61. The Labute approximate surface area is 117 Å². The van der Waals surface area contributed by atoms with Gasteiger partial charge in [-0.15, -0.1) is 0 Å². The summed E-state index contributed by atoms with van der Waals surface area (Å²) in [5.41, 5.74) is 1.70. The lowest BCUT2D eigenvalue weighted by atomic mass is 9.78. The zero-order chi connectivity index (χ0) is 13.5. The first-order valence-corrected chi connectivity index (χ1v) is 7.61. The molecule has 0 aromatic heterocycles. The lowest BCUT2D eigenvalue weighted by Crippen LogP contribution is -2.62. The van der Waals surface area contributed by atoms with Crippen molar-refractivity contribution in [3.8, 4) is 0 Å². The summed E-state index contributed by atoms with van der Waals surface area (Å²) in [6, 6.07) is 12.3. The molecule has 19 heavy (non-hydrogen) atoms. The van der Waals surface area contributed by atoms with Crippen LogP contribution in [0.2, 0.25) is 0 Å². The topological polar surface area (TPSA) is 15.3 Å². The van der Waals surface area contributed by atoms with Crippen LogP contribution in [0.15, 0.2) is 30.3 Å². The monoisotopic (exact) mass is 258 g/mol. The van der Waals surface area contributed by atoms with Crippen molar-refractivity contribution < 1.29 is 0 Å². The van der Waals surface area contributed by atoms with Crippen LogP contribution < -0.4 is 5.32 Å². The molecule has 1 heterocycles. The first kappa shape index (κ1) is 13.1. The smallest absolute Gasteiger partial charge is 0.0476 e. The maximum absolute atomic E-state index is 3.71. The van der Waals surface area contributed by atoms with E-state index in [1.165, 1.54) is 18.4 Å². The molecule has 1 aromatic rings. The standard InChI is InChI=1S/C17H26N2/c1-13-9-15(10-13)19-12-17(2,3)18-11-16(19)14-7-5-4-6-8-14/h4-8,13,15-16,18H,9-12H2,1-3H3. The molecule has 1 aliphatic heterocycles. The second-order valence-corrected chi connectivity index (χ2v) is 7.09. The highest BCUT2D eigenvalue weighted by Gasteiger charge is 2.40. The number of rotatable bonds is 2. The summed E-state index contributed by atoms with van der Waals surface area (Å²) in [5, 5.41) is 3.71. The second kappa shape index (κ2) is 4.92. The fraction of sp³-hybridized carbons (Fsp3) is 0.647. The molecule has 1 N–H and O–H groups in total. The number of hydrogen-bond acceptors (Lipinski definition) is 2. The van der Waals surface area contributed by atoms with Crippen LogP contribution in [0.25, 0.3) is 0 Å². The number of benzene rings is 1. The van der Waals surface area contributed by atoms with Crippen LogP contribution in [0.5, 0.6) is 0 Å². The lowest BCUT2D eigenvalue weighted by molar-refractivity contribution is -0.000234. The summed E-state index contributed by atoms with van der Waals surface area (Å²) in [4.78, 5) is 2.76. The average molecular weight is 258 g/mol. The first-order valence-electron chi connectivity index (χ1n) is 7.61.